The number of fused-ring (bicyclic) bond motifs is 2. The van der Waals surface area contributed by atoms with E-state index >= 15 is 0 Å². The predicted molar refractivity (Wildman–Crippen MR) is 75.4 cm³/mol. The molecule has 1 aromatic carbocycles. The molecule has 2 unspecified atom stereocenters. The minimum Gasteiger partial charge on any atom is -0.481 e. The summed E-state index contributed by atoms with van der Waals surface area (Å²) in [7, 11) is 0. The summed E-state index contributed by atoms with van der Waals surface area (Å²) in [6, 6.07) is 8.91. The molecule has 1 aromatic rings. The average molecular weight is 275 g/mol. The Hall–Kier alpha value is -1.39. The summed E-state index contributed by atoms with van der Waals surface area (Å²) in [6.45, 7) is 0.912. The normalized spacial score (nSPS) is 29.6. The number of hydrogen-bond acceptors (Lipinski definition) is 3. The molecule has 0 saturated carbocycles. The highest BCUT2D eigenvalue weighted by Gasteiger charge is 2.39. The second-order valence-corrected chi connectivity index (χ2v) is 6.07. The molecule has 4 nitrogen and oxygen atoms in total. The van der Waals surface area contributed by atoms with Crippen LogP contribution in [0.1, 0.15) is 36.8 Å². The van der Waals surface area contributed by atoms with Crippen LogP contribution in [-0.2, 0) is 17.8 Å². The first-order valence-electron chi connectivity index (χ1n) is 7.35. The fraction of sp³-hybridized carbons (Fsp3) is 0.562. The number of carbonyl (C=O) groups is 1. The summed E-state index contributed by atoms with van der Waals surface area (Å²) in [5.41, 5.74) is 2.07. The molecular weight excluding hydrogens is 254 g/mol. The van der Waals surface area contributed by atoms with E-state index in [4.69, 9.17) is 5.11 Å². The summed E-state index contributed by atoms with van der Waals surface area (Å²) in [5.74, 6) is -0.791. The molecule has 0 aliphatic carbocycles. The van der Waals surface area contributed by atoms with Crippen molar-refractivity contribution < 1.29 is 15.0 Å². The number of aliphatic hydroxyl groups excluding tert-OH is 1. The molecule has 2 N–H and O–H groups in total. The minimum atomic E-state index is -0.791. The average Bonchev–Trinajstić information content (AvgIpc) is 2.64. The van der Waals surface area contributed by atoms with Gasteiger partial charge in [-0.1, -0.05) is 24.3 Å². The van der Waals surface area contributed by atoms with E-state index in [0.717, 1.165) is 24.9 Å². The molecule has 3 rings (SSSR count). The number of aliphatic carboxylic acids is 1. The van der Waals surface area contributed by atoms with Crippen LogP contribution in [0.25, 0.3) is 0 Å². The van der Waals surface area contributed by atoms with E-state index in [-0.39, 0.29) is 12.5 Å². The fourth-order valence-corrected chi connectivity index (χ4v) is 3.65. The van der Waals surface area contributed by atoms with Gasteiger partial charge in [0, 0.05) is 18.6 Å². The van der Waals surface area contributed by atoms with Gasteiger partial charge >= 0.3 is 5.97 Å². The quantitative estimate of drug-likeness (QED) is 0.879. The maximum atomic E-state index is 10.7. The van der Waals surface area contributed by atoms with Crippen LogP contribution in [-0.4, -0.2) is 39.3 Å². The van der Waals surface area contributed by atoms with Crippen molar-refractivity contribution in [2.75, 3.05) is 0 Å². The molecule has 2 aliphatic rings. The largest absolute Gasteiger partial charge is 0.481 e. The van der Waals surface area contributed by atoms with Crippen molar-refractivity contribution in [1.29, 1.82) is 0 Å². The van der Waals surface area contributed by atoms with E-state index in [2.05, 4.69) is 4.90 Å². The van der Waals surface area contributed by atoms with Crippen LogP contribution in [0.2, 0.25) is 0 Å². The number of rotatable bonds is 4. The summed E-state index contributed by atoms with van der Waals surface area (Å²) < 4.78 is 0. The molecule has 0 radical (unpaired) electrons. The highest BCUT2D eigenvalue weighted by molar-refractivity contribution is 5.70. The zero-order valence-corrected chi connectivity index (χ0v) is 11.5. The van der Waals surface area contributed by atoms with Gasteiger partial charge < -0.3 is 10.2 Å². The molecular formula is C16H21NO3. The molecule has 2 heterocycles. The van der Waals surface area contributed by atoms with E-state index in [1.54, 1.807) is 0 Å². The van der Waals surface area contributed by atoms with Gasteiger partial charge in [0.15, 0.2) is 0 Å². The maximum absolute atomic E-state index is 10.7. The Morgan fingerprint density at radius 2 is 1.65 bits per heavy atom. The van der Waals surface area contributed by atoms with E-state index in [1.165, 1.54) is 18.4 Å². The summed E-state index contributed by atoms with van der Waals surface area (Å²) in [5, 5.41) is 18.6. The van der Waals surface area contributed by atoms with Crippen molar-refractivity contribution in [3.05, 3.63) is 35.4 Å². The lowest BCUT2D eigenvalue weighted by Gasteiger charge is -2.37. The molecule has 0 amide bonds. The zero-order chi connectivity index (χ0) is 14.1. The van der Waals surface area contributed by atoms with Crippen LogP contribution in [0.3, 0.4) is 0 Å². The number of hydrogen-bond donors (Lipinski definition) is 2. The lowest BCUT2D eigenvalue weighted by atomic mass is 9.99. The van der Waals surface area contributed by atoms with Gasteiger partial charge in [-0.25, -0.2) is 0 Å². The van der Waals surface area contributed by atoms with Gasteiger partial charge in [-0.2, -0.15) is 0 Å². The third-order valence-corrected chi connectivity index (χ3v) is 4.60. The molecule has 0 aromatic heterocycles. The first-order valence-corrected chi connectivity index (χ1v) is 7.35. The van der Waals surface area contributed by atoms with Crippen LogP contribution in [0.15, 0.2) is 24.3 Å². The molecule has 2 atom stereocenters. The molecule has 108 valence electrons. The van der Waals surface area contributed by atoms with Crippen LogP contribution in [0.4, 0.5) is 0 Å². The number of benzene rings is 1. The SMILES string of the molecule is O=C(O)Cc1ccc(CN2C3CCC2CC(O)C3)cc1. The van der Waals surface area contributed by atoms with Crippen molar-refractivity contribution in [3.8, 4) is 0 Å². The lowest BCUT2D eigenvalue weighted by molar-refractivity contribution is -0.136. The Kier molecular flexibility index (Phi) is 3.76. The van der Waals surface area contributed by atoms with Crippen LogP contribution in [0, 0.1) is 0 Å². The molecule has 2 aliphatic heterocycles. The monoisotopic (exact) mass is 275 g/mol. The summed E-state index contributed by atoms with van der Waals surface area (Å²) >= 11 is 0. The Balaban J connectivity index is 1.65. The Morgan fingerprint density at radius 1 is 1.10 bits per heavy atom. The number of piperidine rings is 1. The molecule has 2 saturated heterocycles. The fourth-order valence-electron chi connectivity index (χ4n) is 3.65. The lowest BCUT2D eigenvalue weighted by Crippen LogP contribution is -2.44. The summed E-state index contributed by atoms with van der Waals surface area (Å²) in [4.78, 5) is 13.2. The van der Waals surface area contributed by atoms with E-state index in [9.17, 15) is 9.90 Å². The van der Waals surface area contributed by atoms with Crippen molar-refractivity contribution in [1.82, 2.24) is 4.90 Å². The van der Waals surface area contributed by atoms with Gasteiger partial charge in [0.25, 0.3) is 0 Å². The van der Waals surface area contributed by atoms with Crippen molar-refractivity contribution in [3.63, 3.8) is 0 Å². The first-order chi connectivity index (χ1) is 9.61. The standard InChI is InChI=1S/C16H21NO3/c18-15-8-13-5-6-14(9-15)17(13)10-12-3-1-11(2-4-12)7-16(19)20/h1-4,13-15,18H,5-10H2,(H,19,20). The smallest absolute Gasteiger partial charge is 0.307 e. The van der Waals surface area contributed by atoms with Gasteiger partial charge in [-0.3, -0.25) is 9.69 Å². The van der Waals surface area contributed by atoms with Gasteiger partial charge in [0.1, 0.15) is 0 Å². The summed E-state index contributed by atoms with van der Waals surface area (Å²) in [6.07, 6.45) is 4.14. The van der Waals surface area contributed by atoms with Crippen LogP contribution < -0.4 is 0 Å². The van der Waals surface area contributed by atoms with Crippen molar-refractivity contribution in [2.24, 2.45) is 0 Å². The van der Waals surface area contributed by atoms with Gasteiger partial charge in [-0.05, 0) is 36.8 Å². The Bertz CT molecular complexity index is 471. The highest BCUT2D eigenvalue weighted by atomic mass is 16.4. The molecule has 2 bridgehead atoms. The highest BCUT2D eigenvalue weighted by Crippen LogP contribution is 2.36. The third kappa shape index (κ3) is 2.86. The number of nitrogens with zero attached hydrogens (tertiary/aromatic N) is 1. The third-order valence-electron chi connectivity index (χ3n) is 4.60. The van der Waals surface area contributed by atoms with Gasteiger partial charge in [0.05, 0.1) is 12.5 Å². The first kappa shape index (κ1) is 13.6. The zero-order valence-electron chi connectivity index (χ0n) is 11.5. The molecule has 0 spiro atoms. The van der Waals surface area contributed by atoms with Gasteiger partial charge in [-0.15, -0.1) is 0 Å². The minimum absolute atomic E-state index is 0.0848. The molecule has 4 heteroatoms. The van der Waals surface area contributed by atoms with Gasteiger partial charge in [0.2, 0.25) is 0 Å². The second kappa shape index (κ2) is 5.54. The Morgan fingerprint density at radius 3 is 2.20 bits per heavy atom. The van der Waals surface area contributed by atoms with E-state index in [0.29, 0.717) is 12.1 Å². The molecule has 20 heavy (non-hydrogen) atoms. The van der Waals surface area contributed by atoms with Crippen molar-refractivity contribution in [2.45, 2.75) is 56.8 Å². The van der Waals surface area contributed by atoms with Crippen LogP contribution in [0.5, 0.6) is 0 Å². The van der Waals surface area contributed by atoms with E-state index in [1.807, 2.05) is 24.3 Å². The van der Waals surface area contributed by atoms with Crippen LogP contribution >= 0.6 is 0 Å². The Labute approximate surface area is 119 Å². The maximum Gasteiger partial charge on any atom is 0.307 e. The van der Waals surface area contributed by atoms with Crippen molar-refractivity contribution >= 4 is 5.97 Å². The predicted octanol–water partition coefficient (Wildman–Crippen LogP) is 1.80. The topological polar surface area (TPSA) is 60.8 Å². The number of carboxylic acids is 1. The molecule has 2 fully saturated rings. The number of carboxylic acid groups (broad SMARTS) is 1. The number of aliphatic hydroxyl groups is 1. The second-order valence-electron chi connectivity index (χ2n) is 6.07. The van der Waals surface area contributed by atoms with E-state index < -0.39 is 5.97 Å².